The Balaban J connectivity index is 1.90. The molecule has 96 valence electrons. The zero-order valence-corrected chi connectivity index (χ0v) is 11.6. The summed E-state index contributed by atoms with van der Waals surface area (Å²) in [6.07, 6.45) is 11.0. The van der Waals surface area contributed by atoms with Crippen LogP contribution in [-0.4, -0.2) is 19.0 Å². The molecule has 1 nitrogen and oxygen atoms in total. The maximum absolute atomic E-state index is 5.97. The second-order valence-electron chi connectivity index (χ2n) is 5.22. The lowest BCUT2D eigenvalue weighted by Gasteiger charge is -2.17. The third-order valence-electron chi connectivity index (χ3n) is 3.88. The van der Waals surface area contributed by atoms with Gasteiger partial charge in [0.15, 0.2) is 0 Å². The molecule has 0 aliphatic heterocycles. The Morgan fingerprint density at radius 1 is 1.06 bits per heavy atom. The van der Waals surface area contributed by atoms with Gasteiger partial charge in [-0.1, -0.05) is 39.0 Å². The summed E-state index contributed by atoms with van der Waals surface area (Å²) in [7, 11) is 0. The SMILES string of the molecule is CCCCCCCNCC1CCCC1CCl. The van der Waals surface area contributed by atoms with E-state index in [1.807, 2.05) is 0 Å². The Labute approximate surface area is 106 Å². The molecule has 1 aliphatic carbocycles. The van der Waals surface area contributed by atoms with Crippen LogP contribution < -0.4 is 5.32 Å². The van der Waals surface area contributed by atoms with Crippen LogP contribution in [0.2, 0.25) is 0 Å². The zero-order chi connectivity index (χ0) is 11.6. The molecule has 0 saturated heterocycles. The number of alkyl halides is 1. The molecular weight excluding hydrogens is 218 g/mol. The van der Waals surface area contributed by atoms with Crippen LogP contribution in [0.1, 0.15) is 58.3 Å². The van der Waals surface area contributed by atoms with Gasteiger partial charge in [0.25, 0.3) is 0 Å². The van der Waals surface area contributed by atoms with E-state index >= 15 is 0 Å². The molecule has 1 N–H and O–H groups in total. The summed E-state index contributed by atoms with van der Waals surface area (Å²) >= 11 is 5.97. The molecule has 0 bridgehead atoms. The number of halogens is 1. The first kappa shape index (κ1) is 14.3. The molecule has 2 atom stereocenters. The molecule has 1 saturated carbocycles. The molecule has 16 heavy (non-hydrogen) atoms. The van der Waals surface area contributed by atoms with E-state index in [1.165, 1.54) is 64.5 Å². The van der Waals surface area contributed by atoms with E-state index < -0.39 is 0 Å². The molecule has 0 aromatic heterocycles. The van der Waals surface area contributed by atoms with Crippen LogP contribution >= 0.6 is 11.6 Å². The van der Waals surface area contributed by atoms with Gasteiger partial charge >= 0.3 is 0 Å². The van der Waals surface area contributed by atoms with E-state index in [0.717, 1.165) is 17.7 Å². The summed E-state index contributed by atoms with van der Waals surface area (Å²) in [6.45, 7) is 4.67. The average Bonchev–Trinajstić information content (AvgIpc) is 2.75. The van der Waals surface area contributed by atoms with Crippen molar-refractivity contribution in [2.24, 2.45) is 11.8 Å². The number of rotatable bonds is 9. The van der Waals surface area contributed by atoms with E-state index in [4.69, 9.17) is 11.6 Å². The quantitative estimate of drug-likeness (QED) is 0.474. The van der Waals surface area contributed by atoms with Gasteiger partial charge in [-0.25, -0.2) is 0 Å². The Bertz CT molecular complexity index is 161. The Morgan fingerprint density at radius 3 is 2.56 bits per heavy atom. The zero-order valence-electron chi connectivity index (χ0n) is 10.8. The van der Waals surface area contributed by atoms with Crippen molar-refractivity contribution in [3.8, 4) is 0 Å². The highest BCUT2D eigenvalue weighted by atomic mass is 35.5. The van der Waals surface area contributed by atoms with Crippen molar-refractivity contribution in [2.75, 3.05) is 19.0 Å². The maximum atomic E-state index is 5.97. The van der Waals surface area contributed by atoms with Gasteiger partial charge in [-0.15, -0.1) is 11.6 Å². The van der Waals surface area contributed by atoms with Gasteiger partial charge in [0, 0.05) is 5.88 Å². The van der Waals surface area contributed by atoms with E-state index in [-0.39, 0.29) is 0 Å². The molecule has 0 aromatic rings. The largest absolute Gasteiger partial charge is 0.316 e. The van der Waals surface area contributed by atoms with Crippen molar-refractivity contribution in [1.82, 2.24) is 5.32 Å². The molecular formula is C14H28ClN. The first-order valence-electron chi connectivity index (χ1n) is 7.15. The van der Waals surface area contributed by atoms with E-state index in [1.54, 1.807) is 0 Å². The molecule has 2 unspecified atom stereocenters. The topological polar surface area (TPSA) is 12.0 Å². The van der Waals surface area contributed by atoms with Crippen LogP contribution in [0.5, 0.6) is 0 Å². The fourth-order valence-corrected chi connectivity index (χ4v) is 3.13. The summed E-state index contributed by atoms with van der Waals surface area (Å²) < 4.78 is 0. The Kier molecular flexibility index (Phi) is 8.32. The predicted octanol–water partition coefficient (Wildman–Crippen LogP) is 4.20. The lowest BCUT2D eigenvalue weighted by Crippen LogP contribution is -2.26. The van der Waals surface area contributed by atoms with Gasteiger partial charge in [0.1, 0.15) is 0 Å². The highest BCUT2D eigenvalue weighted by Crippen LogP contribution is 2.31. The van der Waals surface area contributed by atoms with Crippen LogP contribution in [0.4, 0.5) is 0 Å². The second kappa shape index (κ2) is 9.30. The second-order valence-corrected chi connectivity index (χ2v) is 5.53. The maximum Gasteiger partial charge on any atom is 0.0254 e. The molecule has 0 aromatic carbocycles. The van der Waals surface area contributed by atoms with Crippen molar-refractivity contribution in [1.29, 1.82) is 0 Å². The third kappa shape index (κ3) is 5.54. The minimum absolute atomic E-state index is 0.786. The van der Waals surface area contributed by atoms with Crippen molar-refractivity contribution in [3.05, 3.63) is 0 Å². The standard InChI is InChI=1S/C14H28ClN/c1-2-3-4-5-6-10-16-12-14-9-7-8-13(14)11-15/h13-14,16H,2-12H2,1H3. The van der Waals surface area contributed by atoms with E-state index in [2.05, 4.69) is 12.2 Å². The van der Waals surface area contributed by atoms with Gasteiger partial charge in [-0.2, -0.15) is 0 Å². The fourth-order valence-electron chi connectivity index (χ4n) is 2.73. The van der Waals surface area contributed by atoms with Crippen LogP contribution in [0, 0.1) is 11.8 Å². The third-order valence-corrected chi connectivity index (χ3v) is 4.27. The van der Waals surface area contributed by atoms with Crippen molar-refractivity contribution < 1.29 is 0 Å². The van der Waals surface area contributed by atoms with Gasteiger partial charge in [-0.3, -0.25) is 0 Å². The summed E-state index contributed by atoms with van der Waals surface area (Å²) in [5, 5.41) is 3.61. The first-order valence-corrected chi connectivity index (χ1v) is 7.68. The van der Waals surface area contributed by atoms with Gasteiger partial charge in [0.05, 0.1) is 0 Å². The molecule has 0 amide bonds. The van der Waals surface area contributed by atoms with Gasteiger partial charge < -0.3 is 5.32 Å². The number of hydrogen-bond acceptors (Lipinski definition) is 1. The molecule has 1 fully saturated rings. The monoisotopic (exact) mass is 245 g/mol. The van der Waals surface area contributed by atoms with Crippen LogP contribution in [-0.2, 0) is 0 Å². The molecule has 0 spiro atoms. The Hall–Kier alpha value is 0.250. The molecule has 1 rings (SSSR count). The van der Waals surface area contributed by atoms with Crippen molar-refractivity contribution >= 4 is 11.6 Å². The smallest absolute Gasteiger partial charge is 0.0254 e. The predicted molar refractivity (Wildman–Crippen MR) is 73.2 cm³/mol. The average molecular weight is 246 g/mol. The van der Waals surface area contributed by atoms with E-state index in [9.17, 15) is 0 Å². The molecule has 0 radical (unpaired) electrons. The first-order chi connectivity index (χ1) is 7.88. The van der Waals surface area contributed by atoms with Crippen LogP contribution in [0.15, 0.2) is 0 Å². The molecule has 0 heterocycles. The highest BCUT2D eigenvalue weighted by molar-refractivity contribution is 6.18. The van der Waals surface area contributed by atoms with Crippen molar-refractivity contribution in [2.45, 2.75) is 58.3 Å². The lowest BCUT2D eigenvalue weighted by atomic mass is 9.98. The van der Waals surface area contributed by atoms with Gasteiger partial charge in [-0.05, 0) is 44.2 Å². The minimum Gasteiger partial charge on any atom is -0.316 e. The summed E-state index contributed by atoms with van der Waals surface area (Å²) in [4.78, 5) is 0. The fraction of sp³-hybridized carbons (Fsp3) is 1.00. The molecule has 1 aliphatic rings. The van der Waals surface area contributed by atoms with Crippen LogP contribution in [0.3, 0.4) is 0 Å². The number of unbranched alkanes of at least 4 members (excludes halogenated alkanes) is 4. The number of nitrogens with one attached hydrogen (secondary N) is 1. The highest BCUT2D eigenvalue weighted by Gasteiger charge is 2.25. The normalized spacial score (nSPS) is 25.1. The van der Waals surface area contributed by atoms with Crippen LogP contribution in [0.25, 0.3) is 0 Å². The number of hydrogen-bond donors (Lipinski definition) is 1. The lowest BCUT2D eigenvalue weighted by molar-refractivity contribution is 0.393. The van der Waals surface area contributed by atoms with E-state index in [0.29, 0.717) is 0 Å². The van der Waals surface area contributed by atoms with Gasteiger partial charge in [0.2, 0.25) is 0 Å². The minimum atomic E-state index is 0.786. The molecule has 2 heteroatoms. The Morgan fingerprint density at radius 2 is 1.81 bits per heavy atom. The summed E-state index contributed by atoms with van der Waals surface area (Å²) in [6, 6.07) is 0. The summed E-state index contributed by atoms with van der Waals surface area (Å²) in [5.74, 6) is 2.51. The summed E-state index contributed by atoms with van der Waals surface area (Å²) in [5.41, 5.74) is 0. The van der Waals surface area contributed by atoms with Crippen molar-refractivity contribution in [3.63, 3.8) is 0 Å².